The Labute approximate surface area is 157 Å². The minimum atomic E-state index is -1.05. The average molecular weight is 376 g/mol. The minimum Gasteiger partial charge on any atom is -0.497 e. The first-order valence-corrected chi connectivity index (χ1v) is 9.36. The summed E-state index contributed by atoms with van der Waals surface area (Å²) in [6.07, 6.45) is 7.15. The molecule has 1 fully saturated rings. The summed E-state index contributed by atoms with van der Waals surface area (Å²) in [5.74, 6) is -0.228. The normalized spacial score (nSPS) is 15.2. The van der Waals surface area contributed by atoms with E-state index in [-0.39, 0.29) is 17.3 Å². The zero-order valence-corrected chi connectivity index (χ0v) is 15.8. The van der Waals surface area contributed by atoms with Crippen LogP contribution in [-0.2, 0) is 11.2 Å². The number of fused-ring (bicyclic) bond motifs is 1. The van der Waals surface area contributed by atoms with E-state index in [1.807, 2.05) is 6.92 Å². The number of aromatic nitrogens is 1. The van der Waals surface area contributed by atoms with E-state index in [1.54, 1.807) is 22.7 Å². The number of halogens is 1. The van der Waals surface area contributed by atoms with Gasteiger partial charge in [0.1, 0.15) is 5.75 Å². The molecule has 0 bridgehead atoms. The van der Waals surface area contributed by atoms with Crippen molar-refractivity contribution >= 4 is 33.9 Å². The van der Waals surface area contributed by atoms with E-state index >= 15 is 0 Å². The lowest BCUT2D eigenvalue weighted by atomic mass is 9.84. The molecule has 0 atom stereocenters. The first-order valence-electron chi connectivity index (χ1n) is 8.98. The van der Waals surface area contributed by atoms with Gasteiger partial charge in [0.25, 0.3) is 5.24 Å². The highest BCUT2D eigenvalue weighted by atomic mass is 35.5. The number of nitrogens with zero attached hydrogens (tertiary/aromatic N) is 1. The van der Waals surface area contributed by atoms with Crippen molar-refractivity contribution in [2.24, 2.45) is 5.92 Å². The highest BCUT2D eigenvalue weighted by Crippen LogP contribution is 2.33. The summed E-state index contributed by atoms with van der Waals surface area (Å²) in [7, 11) is 1.53. The number of hydrogen-bond acceptors (Lipinski definition) is 4. The molecule has 1 aliphatic carbocycles. The lowest BCUT2D eigenvalue weighted by Gasteiger charge is -2.21. The van der Waals surface area contributed by atoms with Crippen LogP contribution in [0.2, 0.25) is 0 Å². The third-order valence-corrected chi connectivity index (χ3v) is 5.39. The number of rotatable bonds is 6. The van der Waals surface area contributed by atoms with Gasteiger partial charge in [-0.1, -0.05) is 26.2 Å². The second-order valence-electron chi connectivity index (χ2n) is 6.68. The number of methoxy groups -OCH3 is 1. The fraction of sp³-hybridized carbons (Fsp3) is 0.450. The van der Waals surface area contributed by atoms with E-state index < -0.39 is 11.0 Å². The molecule has 0 amide bonds. The maximum absolute atomic E-state index is 13.3. The van der Waals surface area contributed by atoms with Crippen LogP contribution < -0.4 is 4.74 Å². The number of hydrogen-bond donors (Lipinski definition) is 0. The van der Waals surface area contributed by atoms with Crippen molar-refractivity contribution in [3.63, 3.8) is 0 Å². The molecule has 26 heavy (non-hydrogen) atoms. The summed E-state index contributed by atoms with van der Waals surface area (Å²) in [5, 5.41) is -1.05. The number of pyridine rings is 1. The van der Waals surface area contributed by atoms with Gasteiger partial charge in [0.05, 0.1) is 23.9 Å². The first kappa shape index (κ1) is 18.6. The van der Waals surface area contributed by atoms with E-state index in [0.29, 0.717) is 28.9 Å². The fourth-order valence-electron chi connectivity index (χ4n) is 3.94. The summed E-state index contributed by atoms with van der Waals surface area (Å²) in [6, 6.07) is 3.41. The molecule has 138 valence electrons. The Morgan fingerprint density at radius 1 is 1.23 bits per heavy atom. The van der Waals surface area contributed by atoms with Crippen molar-refractivity contribution in [2.75, 3.05) is 7.11 Å². The number of carbonyl (C=O) groups excluding carboxylic acids is 3. The summed E-state index contributed by atoms with van der Waals surface area (Å²) in [4.78, 5) is 37.4. The SMILES string of the molecule is CCc1c(C(=O)C(=O)Cl)c2cc(OC)ccn2c1C(=O)C1CCCCC1. The van der Waals surface area contributed by atoms with Crippen LogP contribution >= 0.6 is 11.6 Å². The summed E-state index contributed by atoms with van der Waals surface area (Å²) >= 11 is 5.49. The van der Waals surface area contributed by atoms with Crippen LogP contribution in [0.25, 0.3) is 5.52 Å². The molecule has 0 spiro atoms. The number of ketones is 2. The van der Waals surface area contributed by atoms with Crippen LogP contribution in [0.15, 0.2) is 18.3 Å². The van der Waals surface area contributed by atoms with Crippen LogP contribution in [0.4, 0.5) is 0 Å². The average Bonchev–Trinajstić information content (AvgIpc) is 3.00. The molecule has 2 aromatic rings. The van der Waals surface area contributed by atoms with Crippen molar-refractivity contribution in [2.45, 2.75) is 45.4 Å². The van der Waals surface area contributed by atoms with Gasteiger partial charge in [-0.05, 0) is 42.5 Å². The Hall–Kier alpha value is -2.14. The van der Waals surface area contributed by atoms with Gasteiger partial charge >= 0.3 is 0 Å². The summed E-state index contributed by atoms with van der Waals surface area (Å²) in [6.45, 7) is 1.87. The maximum atomic E-state index is 13.3. The second-order valence-corrected chi connectivity index (χ2v) is 7.02. The maximum Gasteiger partial charge on any atom is 0.293 e. The molecule has 3 rings (SSSR count). The molecule has 0 aliphatic heterocycles. The number of carbonyl (C=O) groups is 3. The molecule has 0 radical (unpaired) electrons. The standard InChI is InChI=1S/C20H22ClNO4/c1-3-14-16(19(24)20(21)25)15-11-13(26-2)9-10-22(15)17(14)18(23)12-7-5-4-6-8-12/h9-12H,3-8H2,1-2H3. The smallest absolute Gasteiger partial charge is 0.293 e. The van der Waals surface area contributed by atoms with Crippen LogP contribution in [0.5, 0.6) is 5.75 Å². The quantitative estimate of drug-likeness (QED) is 0.430. The highest BCUT2D eigenvalue weighted by molar-refractivity contribution is 6.83. The van der Waals surface area contributed by atoms with Crippen LogP contribution in [0.1, 0.15) is 65.4 Å². The highest BCUT2D eigenvalue weighted by Gasteiger charge is 2.32. The third-order valence-electron chi connectivity index (χ3n) is 5.22. The second kappa shape index (κ2) is 7.62. The zero-order valence-electron chi connectivity index (χ0n) is 15.0. The third kappa shape index (κ3) is 3.16. The molecular weight excluding hydrogens is 354 g/mol. The van der Waals surface area contributed by atoms with Crippen molar-refractivity contribution < 1.29 is 19.1 Å². The van der Waals surface area contributed by atoms with Gasteiger partial charge in [-0.25, -0.2) is 0 Å². The van der Waals surface area contributed by atoms with E-state index in [9.17, 15) is 14.4 Å². The van der Waals surface area contributed by atoms with Crippen molar-refractivity contribution in [3.8, 4) is 5.75 Å². The molecule has 2 aromatic heterocycles. The predicted molar refractivity (Wildman–Crippen MR) is 99.4 cm³/mol. The van der Waals surface area contributed by atoms with E-state index in [1.165, 1.54) is 7.11 Å². The number of Topliss-reactive ketones (excluding diaryl/α,β-unsaturated/α-hetero) is 2. The fourth-order valence-corrected chi connectivity index (χ4v) is 4.03. The molecule has 0 unspecified atom stereocenters. The molecule has 0 N–H and O–H groups in total. The lowest BCUT2D eigenvalue weighted by molar-refractivity contribution is -0.108. The Morgan fingerprint density at radius 3 is 2.50 bits per heavy atom. The lowest BCUT2D eigenvalue weighted by Crippen LogP contribution is -2.20. The van der Waals surface area contributed by atoms with Crippen molar-refractivity contribution in [1.29, 1.82) is 0 Å². The van der Waals surface area contributed by atoms with Gasteiger partial charge in [-0.2, -0.15) is 0 Å². The Bertz CT molecular complexity index is 878. The van der Waals surface area contributed by atoms with Crippen molar-refractivity contribution in [3.05, 3.63) is 35.2 Å². The van der Waals surface area contributed by atoms with Crippen LogP contribution in [0.3, 0.4) is 0 Å². The molecule has 0 saturated heterocycles. The van der Waals surface area contributed by atoms with Gasteiger partial charge in [-0.15, -0.1) is 0 Å². The molecule has 1 aliphatic rings. The molecular formula is C20H22ClNO4. The van der Waals surface area contributed by atoms with E-state index in [2.05, 4.69) is 0 Å². The van der Waals surface area contributed by atoms with Gasteiger partial charge in [0.2, 0.25) is 5.78 Å². The molecule has 5 nitrogen and oxygen atoms in total. The topological polar surface area (TPSA) is 64.8 Å². The Morgan fingerprint density at radius 2 is 1.92 bits per heavy atom. The summed E-state index contributed by atoms with van der Waals surface area (Å²) in [5.41, 5.74) is 1.79. The monoisotopic (exact) mass is 375 g/mol. The molecule has 1 saturated carbocycles. The molecule has 2 heterocycles. The van der Waals surface area contributed by atoms with Crippen LogP contribution in [-0.4, -0.2) is 28.3 Å². The zero-order chi connectivity index (χ0) is 18.8. The van der Waals surface area contributed by atoms with Gasteiger partial charge in [0.15, 0.2) is 5.78 Å². The Balaban J connectivity index is 2.26. The van der Waals surface area contributed by atoms with Gasteiger partial charge < -0.3 is 9.14 Å². The number of ether oxygens (including phenoxy) is 1. The molecule has 6 heteroatoms. The van der Waals surface area contributed by atoms with Crippen molar-refractivity contribution in [1.82, 2.24) is 4.40 Å². The first-order chi connectivity index (χ1) is 12.5. The molecule has 0 aromatic carbocycles. The predicted octanol–water partition coefficient (Wildman–Crippen LogP) is 4.22. The van der Waals surface area contributed by atoms with E-state index in [4.69, 9.17) is 16.3 Å². The Kier molecular flexibility index (Phi) is 5.47. The van der Waals surface area contributed by atoms with Crippen LogP contribution in [0, 0.1) is 5.92 Å². The largest absolute Gasteiger partial charge is 0.497 e. The van der Waals surface area contributed by atoms with Gasteiger partial charge in [-0.3, -0.25) is 14.4 Å². The summed E-state index contributed by atoms with van der Waals surface area (Å²) < 4.78 is 6.96. The van der Waals surface area contributed by atoms with E-state index in [0.717, 1.165) is 32.1 Å². The minimum absolute atomic E-state index is 0.0380. The van der Waals surface area contributed by atoms with Gasteiger partial charge in [0, 0.05) is 18.2 Å².